The van der Waals surface area contributed by atoms with E-state index in [0.29, 0.717) is 17.3 Å². The summed E-state index contributed by atoms with van der Waals surface area (Å²) in [5, 5.41) is 8.98. The minimum atomic E-state index is 0.196. The highest BCUT2D eigenvalue weighted by Crippen LogP contribution is 2.23. The average Bonchev–Trinajstić information content (AvgIpc) is 2.74. The fraction of sp³-hybridized carbons (Fsp3) is 0.111. The van der Waals surface area contributed by atoms with Crippen LogP contribution in [-0.2, 0) is 7.05 Å². The van der Waals surface area contributed by atoms with E-state index in [9.17, 15) is 0 Å². The molecule has 0 amide bonds. The quantitative estimate of drug-likeness (QED) is 0.721. The maximum absolute atomic E-state index is 8.78. The van der Waals surface area contributed by atoms with E-state index in [1.807, 2.05) is 6.07 Å². The zero-order valence-electron chi connectivity index (χ0n) is 7.36. The number of hydrogen-bond acceptors (Lipinski definition) is 3. The molecule has 0 aliphatic rings. The van der Waals surface area contributed by atoms with Crippen LogP contribution >= 0.6 is 11.6 Å². The van der Waals surface area contributed by atoms with Gasteiger partial charge in [0.15, 0.2) is 22.4 Å². The third kappa shape index (κ3) is 1.19. The lowest BCUT2D eigenvalue weighted by Crippen LogP contribution is -1.94. The Kier molecular flexibility index (Phi) is 2.02. The molecule has 0 atom stereocenters. The SMILES string of the molecule is Cn1c(-c2ccco2)nc(Cl)c1C#N. The summed E-state index contributed by atoms with van der Waals surface area (Å²) >= 11 is 5.77. The van der Waals surface area contributed by atoms with Crippen molar-refractivity contribution in [3.63, 3.8) is 0 Å². The van der Waals surface area contributed by atoms with E-state index >= 15 is 0 Å². The highest BCUT2D eigenvalue weighted by Gasteiger charge is 2.15. The normalized spacial score (nSPS) is 10.1. The van der Waals surface area contributed by atoms with Crippen LogP contribution in [0.4, 0.5) is 0 Å². The van der Waals surface area contributed by atoms with Crippen LogP contribution in [0.25, 0.3) is 11.6 Å². The van der Waals surface area contributed by atoms with Gasteiger partial charge in [-0.3, -0.25) is 0 Å². The highest BCUT2D eigenvalue weighted by molar-refractivity contribution is 6.30. The molecule has 2 heterocycles. The molecule has 2 aromatic heterocycles. The van der Waals surface area contributed by atoms with Crippen molar-refractivity contribution in [2.24, 2.45) is 7.05 Å². The lowest BCUT2D eigenvalue weighted by atomic mass is 10.4. The molecular formula is C9H6ClN3O. The molecule has 0 radical (unpaired) electrons. The van der Waals surface area contributed by atoms with Crippen molar-refractivity contribution in [2.45, 2.75) is 0 Å². The molecule has 2 aromatic rings. The minimum Gasteiger partial charge on any atom is -0.461 e. The molecule has 14 heavy (non-hydrogen) atoms. The van der Waals surface area contributed by atoms with Crippen LogP contribution in [0.1, 0.15) is 5.69 Å². The van der Waals surface area contributed by atoms with Gasteiger partial charge in [0.1, 0.15) is 6.07 Å². The number of rotatable bonds is 1. The number of furan rings is 1. The second-order valence-electron chi connectivity index (χ2n) is 2.72. The molecule has 0 saturated heterocycles. The van der Waals surface area contributed by atoms with Gasteiger partial charge >= 0.3 is 0 Å². The van der Waals surface area contributed by atoms with Gasteiger partial charge in [-0.1, -0.05) is 11.6 Å². The van der Waals surface area contributed by atoms with Crippen LogP contribution < -0.4 is 0 Å². The Hall–Kier alpha value is -1.73. The first-order valence-electron chi connectivity index (χ1n) is 3.90. The van der Waals surface area contributed by atoms with Gasteiger partial charge in [-0.25, -0.2) is 4.98 Å². The van der Waals surface area contributed by atoms with E-state index in [4.69, 9.17) is 21.3 Å². The monoisotopic (exact) mass is 207 g/mol. The Labute approximate surface area is 85.3 Å². The van der Waals surface area contributed by atoms with Crippen molar-refractivity contribution in [1.82, 2.24) is 9.55 Å². The number of halogens is 1. The van der Waals surface area contributed by atoms with E-state index in [0.717, 1.165) is 0 Å². The van der Waals surface area contributed by atoms with Crippen molar-refractivity contribution < 1.29 is 4.42 Å². The molecule has 0 aliphatic heterocycles. The third-order valence-electron chi connectivity index (χ3n) is 1.90. The number of aromatic nitrogens is 2. The molecule has 5 heteroatoms. The summed E-state index contributed by atoms with van der Waals surface area (Å²) in [7, 11) is 1.72. The molecule has 70 valence electrons. The molecule has 0 spiro atoms. The van der Waals surface area contributed by atoms with Crippen molar-refractivity contribution in [3.8, 4) is 17.7 Å². The molecule has 0 saturated carbocycles. The van der Waals surface area contributed by atoms with Crippen LogP contribution in [0.15, 0.2) is 22.8 Å². The van der Waals surface area contributed by atoms with Gasteiger partial charge < -0.3 is 8.98 Å². The second kappa shape index (κ2) is 3.20. The first-order valence-corrected chi connectivity index (χ1v) is 4.28. The molecule has 0 bridgehead atoms. The summed E-state index contributed by atoms with van der Waals surface area (Å²) in [4.78, 5) is 4.04. The lowest BCUT2D eigenvalue weighted by Gasteiger charge is -1.96. The van der Waals surface area contributed by atoms with E-state index < -0.39 is 0 Å². The van der Waals surface area contributed by atoms with E-state index in [1.165, 1.54) is 0 Å². The third-order valence-corrected chi connectivity index (χ3v) is 2.16. The van der Waals surface area contributed by atoms with Crippen molar-refractivity contribution >= 4 is 11.6 Å². The summed E-state index contributed by atoms with van der Waals surface area (Å²) in [5.74, 6) is 1.15. The van der Waals surface area contributed by atoms with E-state index in [2.05, 4.69) is 4.98 Å². The maximum atomic E-state index is 8.78. The summed E-state index contributed by atoms with van der Waals surface area (Å²) in [6, 6.07) is 5.49. The molecule has 4 nitrogen and oxygen atoms in total. The van der Waals surface area contributed by atoms with Crippen molar-refractivity contribution in [3.05, 3.63) is 29.2 Å². The fourth-order valence-corrected chi connectivity index (χ4v) is 1.46. The van der Waals surface area contributed by atoms with Crippen LogP contribution in [0.5, 0.6) is 0 Å². The molecule has 0 N–H and O–H groups in total. The Bertz CT molecular complexity index is 493. The minimum absolute atomic E-state index is 0.196. The topological polar surface area (TPSA) is 54.8 Å². The number of nitriles is 1. The second-order valence-corrected chi connectivity index (χ2v) is 3.08. The molecule has 0 fully saturated rings. The maximum Gasteiger partial charge on any atom is 0.178 e. The molecule has 0 unspecified atom stereocenters. The largest absolute Gasteiger partial charge is 0.461 e. The Morgan fingerprint density at radius 2 is 2.43 bits per heavy atom. The molecule has 0 aromatic carbocycles. The summed E-state index contributed by atoms with van der Waals surface area (Å²) in [6.07, 6.45) is 1.55. The molecular weight excluding hydrogens is 202 g/mol. The zero-order valence-corrected chi connectivity index (χ0v) is 8.12. The molecule has 0 aliphatic carbocycles. The summed E-state index contributed by atoms with van der Waals surface area (Å²) < 4.78 is 6.76. The predicted molar refractivity (Wildman–Crippen MR) is 50.6 cm³/mol. The number of hydrogen-bond donors (Lipinski definition) is 0. The van der Waals surface area contributed by atoms with E-state index in [-0.39, 0.29) is 5.15 Å². The first-order chi connectivity index (χ1) is 6.74. The van der Waals surface area contributed by atoms with Crippen LogP contribution in [0.3, 0.4) is 0 Å². The number of nitrogens with zero attached hydrogens (tertiary/aromatic N) is 3. The Morgan fingerprint density at radius 3 is 2.93 bits per heavy atom. The number of imidazole rings is 1. The van der Waals surface area contributed by atoms with Crippen LogP contribution in [0.2, 0.25) is 5.15 Å². The Balaban J connectivity index is 2.63. The smallest absolute Gasteiger partial charge is 0.178 e. The van der Waals surface area contributed by atoms with Gasteiger partial charge in [0.2, 0.25) is 0 Å². The average molecular weight is 208 g/mol. The van der Waals surface area contributed by atoms with Crippen molar-refractivity contribution in [2.75, 3.05) is 0 Å². The van der Waals surface area contributed by atoms with Gasteiger partial charge in [0.25, 0.3) is 0 Å². The highest BCUT2D eigenvalue weighted by atomic mass is 35.5. The Morgan fingerprint density at radius 1 is 1.64 bits per heavy atom. The lowest BCUT2D eigenvalue weighted by molar-refractivity contribution is 0.574. The van der Waals surface area contributed by atoms with Gasteiger partial charge in [-0.05, 0) is 12.1 Å². The first kappa shape index (κ1) is 8.85. The van der Waals surface area contributed by atoms with Gasteiger partial charge in [0, 0.05) is 7.05 Å². The van der Waals surface area contributed by atoms with Crippen LogP contribution in [-0.4, -0.2) is 9.55 Å². The van der Waals surface area contributed by atoms with Crippen LogP contribution in [0, 0.1) is 11.3 Å². The fourth-order valence-electron chi connectivity index (χ4n) is 1.21. The van der Waals surface area contributed by atoms with E-state index in [1.54, 1.807) is 30.0 Å². The zero-order chi connectivity index (χ0) is 10.1. The van der Waals surface area contributed by atoms with Gasteiger partial charge in [-0.15, -0.1) is 0 Å². The summed E-state index contributed by atoms with van der Waals surface area (Å²) in [6.45, 7) is 0. The standard InChI is InChI=1S/C9H6ClN3O/c1-13-6(5-11)8(10)12-9(13)7-3-2-4-14-7/h2-4H,1H3. The predicted octanol–water partition coefficient (Wildman–Crippen LogP) is 2.21. The van der Waals surface area contributed by atoms with Gasteiger partial charge in [-0.2, -0.15) is 5.26 Å². The summed E-state index contributed by atoms with van der Waals surface area (Å²) in [5.41, 5.74) is 0.332. The van der Waals surface area contributed by atoms with Gasteiger partial charge in [0.05, 0.1) is 6.26 Å². The van der Waals surface area contributed by atoms with Crippen molar-refractivity contribution in [1.29, 1.82) is 5.26 Å². The molecule has 2 rings (SSSR count).